The van der Waals surface area contributed by atoms with E-state index in [1.54, 1.807) is 0 Å². The molecule has 3 rings (SSSR count). The largest absolute Gasteiger partial charge is 0.285 e. The molecule has 2 aliphatic heterocycles. The summed E-state index contributed by atoms with van der Waals surface area (Å²) in [6.07, 6.45) is 3.49. The summed E-state index contributed by atoms with van der Waals surface area (Å²) in [5.74, 6) is -0.615. The Labute approximate surface area is 123 Å². The molecule has 0 saturated carbocycles. The maximum absolute atomic E-state index is 10.7. The van der Waals surface area contributed by atoms with Gasteiger partial charge in [0.2, 0.25) is 5.79 Å². The highest BCUT2D eigenvalue weighted by molar-refractivity contribution is 6.18. The van der Waals surface area contributed by atoms with Gasteiger partial charge in [-0.1, -0.05) is 24.6 Å². The molecular formula is C15H20ClN3O. The van der Waals surface area contributed by atoms with E-state index in [2.05, 4.69) is 4.90 Å². The Hall–Kier alpha value is -1.10. The Morgan fingerprint density at radius 1 is 1.25 bits per heavy atom. The first-order valence-electron chi connectivity index (χ1n) is 7.15. The molecule has 0 spiro atoms. The summed E-state index contributed by atoms with van der Waals surface area (Å²) >= 11 is 6.25. The summed E-state index contributed by atoms with van der Waals surface area (Å²) in [5, 5.41) is 13.8. The number of hydrogen-bond donors (Lipinski definition) is 1. The SMILES string of the molecule is CC1=c2ccccc2=NC(CCl)(N2CCCCC2)N1O. The fourth-order valence-corrected chi connectivity index (χ4v) is 3.47. The number of benzene rings is 1. The molecule has 4 nitrogen and oxygen atoms in total. The van der Waals surface area contributed by atoms with Crippen molar-refractivity contribution in [3.05, 3.63) is 34.8 Å². The van der Waals surface area contributed by atoms with Gasteiger partial charge in [-0.25, -0.2) is 10.1 Å². The third kappa shape index (κ3) is 2.03. The summed E-state index contributed by atoms with van der Waals surface area (Å²) in [7, 11) is 0. The van der Waals surface area contributed by atoms with Crippen LogP contribution in [0, 0.1) is 0 Å². The third-order valence-corrected chi connectivity index (χ3v) is 4.65. The molecular weight excluding hydrogens is 274 g/mol. The van der Waals surface area contributed by atoms with Gasteiger partial charge >= 0.3 is 0 Å². The molecule has 0 aliphatic carbocycles. The summed E-state index contributed by atoms with van der Waals surface area (Å²) < 4.78 is 0. The molecule has 20 heavy (non-hydrogen) atoms. The second kappa shape index (κ2) is 5.35. The highest BCUT2D eigenvalue weighted by Gasteiger charge is 2.43. The number of halogens is 1. The predicted molar refractivity (Wildman–Crippen MR) is 78.8 cm³/mol. The minimum atomic E-state index is -0.861. The van der Waals surface area contributed by atoms with Gasteiger partial charge in [0.25, 0.3) is 0 Å². The highest BCUT2D eigenvalue weighted by atomic mass is 35.5. The van der Waals surface area contributed by atoms with E-state index < -0.39 is 5.79 Å². The van der Waals surface area contributed by atoms with Gasteiger partial charge in [0.15, 0.2) is 0 Å². The van der Waals surface area contributed by atoms with Crippen molar-refractivity contribution in [3.8, 4) is 0 Å². The number of fused-ring (bicyclic) bond motifs is 1. The second-order valence-corrected chi connectivity index (χ2v) is 5.75. The van der Waals surface area contributed by atoms with Crippen LogP contribution in [0.5, 0.6) is 0 Å². The van der Waals surface area contributed by atoms with E-state index >= 15 is 0 Å². The summed E-state index contributed by atoms with van der Waals surface area (Å²) in [4.78, 5) is 7.00. The van der Waals surface area contributed by atoms with Crippen LogP contribution in [0.3, 0.4) is 0 Å². The Balaban J connectivity index is 2.15. The molecule has 1 unspecified atom stereocenters. The lowest BCUT2D eigenvalue weighted by atomic mass is 10.1. The highest BCUT2D eigenvalue weighted by Crippen LogP contribution is 2.30. The molecule has 2 heterocycles. The van der Waals surface area contributed by atoms with Gasteiger partial charge in [-0.3, -0.25) is 10.1 Å². The van der Waals surface area contributed by atoms with Gasteiger partial charge in [0.05, 0.1) is 16.9 Å². The summed E-state index contributed by atoms with van der Waals surface area (Å²) in [6.45, 7) is 3.75. The van der Waals surface area contributed by atoms with E-state index in [-0.39, 0.29) is 5.88 Å². The van der Waals surface area contributed by atoms with Crippen LogP contribution in [0.25, 0.3) is 5.70 Å². The average molecular weight is 294 g/mol. The van der Waals surface area contributed by atoms with Crippen LogP contribution in [-0.4, -0.2) is 39.9 Å². The van der Waals surface area contributed by atoms with Crippen molar-refractivity contribution in [2.45, 2.75) is 32.0 Å². The topological polar surface area (TPSA) is 39.1 Å². The number of rotatable bonds is 2. The van der Waals surface area contributed by atoms with Crippen molar-refractivity contribution in [1.82, 2.24) is 9.96 Å². The van der Waals surface area contributed by atoms with Crippen LogP contribution in [0.15, 0.2) is 29.3 Å². The third-order valence-electron chi connectivity index (χ3n) is 4.29. The van der Waals surface area contributed by atoms with Gasteiger partial charge in [-0.15, -0.1) is 11.6 Å². The van der Waals surface area contributed by atoms with Crippen molar-refractivity contribution in [2.24, 2.45) is 4.99 Å². The van der Waals surface area contributed by atoms with E-state index in [1.165, 1.54) is 11.5 Å². The van der Waals surface area contributed by atoms with Crippen molar-refractivity contribution in [2.75, 3.05) is 19.0 Å². The number of piperidine rings is 1. The van der Waals surface area contributed by atoms with Crippen molar-refractivity contribution in [1.29, 1.82) is 0 Å². The molecule has 0 bridgehead atoms. The van der Waals surface area contributed by atoms with Gasteiger partial charge in [-0.05, 0) is 25.8 Å². The standard InChI is InChI=1S/C15H20ClN3O/c1-12-13-7-3-4-8-14(13)17-15(11-16,19(12)20)18-9-5-2-6-10-18/h3-4,7-8,20H,2,5-6,9-11H2,1H3. The molecule has 1 fully saturated rings. The first kappa shape index (κ1) is 13.9. The predicted octanol–water partition coefficient (Wildman–Crippen LogP) is 1.52. The Morgan fingerprint density at radius 3 is 2.65 bits per heavy atom. The lowest BCUT2D eigenvalue weighted by Gasteiger charge is -2.47. The van der Waals surface area contributed by atoms with Crippen LogP contribution in [0.1, 0.15) is 26.2 Å². The lowest BCUT2D eigenvalue weighted by molar-refractivity contribution is -0.181. The number of hydroxylamine groups is 2. The first-order chi connectivity index (χ1) is 9.69. The zero-order valence-corrected chi connectivity index (χ0v) is 12.5. The first-order valence-corrected chi connectivity index (χ1v) is 7.68. The normalized spacial score (nSPS) is 27.1. The zero-order chi connectivity index (χ0) is 14.2. The van der Waals surface area contributed by atoms with E-state index in [0.29, 0.717) is 0 Å². The Bertz CT molecular complexity index is 612. The Morgan fingerprint density at radius 2 is 1.95 bits per heavy atom. The molecule has 0 amide bonds. The minimum absolute atomic E-state index is 0.245. The molecule has 2 aliphatic rings. The van der Waals surface area contributed by atoms with Gasteiger partial charge < -0.3 is 0 Å². The smallest absolute Gasteiger partial charge is 0.226 e. The minimum Gasteiger partial charge on any atom is -0.285 e. The number of alkyl halides is 1. The molecule has 0 aromatic heterocycles. The van der Waals surface area contributed by atoms with Gasteiger partial charge in [-0.2, -0.15) is 0 Å². The summed E-state index contributed by atoms with van der Waals surface area (Å²) in [5.41, 5.74) is 0.807. The van der Waals surface area contributed by atoms with Crippen LogP contribution in [0.4, 0.5) is 0 Å². The monoisotopic (exact) mass is 293 g/mol. The van der Waals surface area contributed by atoms with Gasteiger partial charge in [0.1, 0.15) is 0 Å². The maximum atomic E-state index is 10.7. The van der Waals surface area contributed by atoms with Crippen molar-refractivity contribution < 1.29 is 5.21 Å². The average Bonchev–Trinajstić information content (AvgIpc) is 2.52. The van der Waals surface area contributed by atoms with E-state index in [1.807, 2.05) is 31.2 Å². The quantitative estimate of drug-likeness (QED) is 0.841. The molecule has 1 aromatic rings. The number of hydrogen-bond acceptors (Lipinski definition) is 4. The molecule has 1 N–H and O–H groups in total. The number of likely N-dealkylation sites (tertiary alicyclic amines) is 1. The van der Waals surface area contributed by atoms with E-state index in [9.17, 15) is 5.21 Å². The fourth-order valence-electron chi connectivity index (χ4n) is 3.13. The van der Waals surface area contributed by atoms with Crippen LogP contribution in [-0.2, 0) is 0 Å². The van der Waals surface area contributed by atoms with Crippen LogP contribution in [0.2, 0.25) is 0 Å². The molecule has 1 atom stereocenters. The maximum Gasteiger partial charge on any atom is 0.226 e. The van der Waals surface area contributed by atoms with E-state index in [4.69, 9.17) is 16.6 Å². The fraction of sp³-hybridized carbons (Fsp3) is 0.533. The molecule has 1 aromatic carbocycles. The van der Waals surface area contributed by atoms with Gasteiger partial charge in [0, 0.05) is 18.3 Å². The molecule has 108 valence electrons. The van der Waals surface area contributed by atoms with Crippen molar-refractivity contribution in [3.63, 3.8) is 0 Å². The van der Waals surface area contributed by atoms with Crippen molar-refractivity contribution >= 4 is 17.3 Å². The summed E-state index contributed by atoms with van der Waals surface area (Å²) in [6, 6.07) is 7.89. The number of para-hydroxylation sites is 1. The molecule has 1 saturated heterocycles. The second-order valence-electron chi connectivity index (χ2n) is 5.48. The molecule has 0 radical (unpaired) electrons. The number of nitrogens with zero attached hydrogens (tertiary/aromatic N) is 3. The van der Waals surface area contributed by atoms with E-state index in [0.717, 1.165) is 42.2 Å². The van der Waals surface area contributed by atoms with Crippen LogP contribution >= 0.6 is 11.6 Å². The zero-order valence-electron chi connectivity index (χ0n) is 11.7. The molecule has 5 heteroatoms. The lowest BCUT2D eigenvalue weighted by Crippen LogP contribution is -2.64. The van der Waals surface area contributed by atoms with Crippen LogP contribution < -0.4 is 10.6 Å². The Kier molecular flexibility index (Phi) is 3.71.